The van der Waals surface area contributed by atoms with Crippen LogP contribution in [0.5, 0.6) is 0 Å². The van der Waals surface area contributed by atoms with Crippen molar-refractivity contribution < 1.29 is 14.7 Å². The number of carbonyl (C=O) groups is 2. The second-order valence-electron chi connectivity index (χ2n) is 4.93. The van der Waals surface area contributed by atoms with Crippen LogP contribution in [-0.2, 0) is 4.79 Å². The van der Waals surface area contributed by atoms with Crippen LogP contribution in [0.1, 0.15) is 28.3 Å². The Bertz CT molecular complexity index is 594. The number of hydrogen-bond acceptors (Lipinski definition) is 4. The van der Waals surface area contributed by atoms with Crippen LogP contribution in [0.3, 0.4) is 0 Å². The first kappa shape index (κ1) is 11.8. The van der Waals surface area contributed by atoms with E-state index in [1.807, 2.05) is 18.2 Å². The van der Waals surface area contributed by atoms with Gasteiger partial charge in [0, 0.05) is 5.92 Å². The molecule has 3 rings (SSSR count). The summed E-state index contributed by atoms with van der Waals surface area (Å²) in [7, 11) is 0. The summed E-state index contributed by atoms with van der Waals surface area (Å²) < 4.78 is 0. The predicted molar refractivity (Wildman–Crippen MR) is 67.4 cm³/mol. The van der Waals surface area contributed by atoms with Crippen molar-refractivity contribution in [2.24, 2.45) is 11.7 Å². The lowest BCUT2D eigenvalue weighted by Crippen LogP contribution is -2.49. The van der Waals surface area contributed by atoms with E-state index in [4.69, 9.17) is 5.73 Å². The number of benzene rings is 1. The van der Waals surface area contributed by atoms with Crippen LogP contribution in [0.2, 0.25) is 0 Å². The molecule has 1 aliphatic carbocycles. The number of allylic oxidation sites excluding steroid dienone is 2. The number of carboxylic acid groups (broad SMARTS) is 1. The Labute approximate surface area is 110 Å². The lowest BCUT2D eigenvalue weighted by molar-refractivity contribution is -0.308. The van der Waals surface area contributed by atoms with Crippen molar-refractivity contribution in [3.8, 4) is 0 Å². The molecule has 1 aromatic carbocycles. The van der Waals surface area contributed by atoms with Crippen LogP contribution in [0.25, 0.3) is 0 Å². The number of nitrogens with one attached hydrogen (secondary N) is 1. The molecule has 0 unspecified atom stereocenters. The largest absolute Gasteiger partial charge is 0.548 e. The maximum absolute atomic E-state index is 11.4. The summed E-state index contributed by atoms with van der Waals surface area (Å²) in [6.45, 7) is 0. The fourth-order valence-corrected chi connectivity index (χ4v) is 3.06. The highest BCUT2D eigenvalue weighted by Crippen LogP contribution is 2.45. The average molecular weight is 257 g/mol. The summed E-state index contributed by atoms with van der Waals surface area (Å²) in [6.07, 6.45) is 4.65. The molecule has 1 amide bonds. The van der Waals surface area contributed by atoms with Crippen LogP contribution in [-0.4, -0.2) is 17.9 Å². The second kappa shape index (κ2) is 4.12. The monoisotopic (exact) mass is 257 g/mol. The zero-order valence-corrected chi connectivity index (χ0v) is 10.1. The van der Waals surface area contributed by atoms with Crippen molar-refractivity contribution in [2.45, 2.75) is 18.4 Å². The molecule has 5 nitrogen and oxygen atoms in total. The summed E-state index contributed by atoms with van der Waals surface area (Å²) in [5, 5.41) is 14.2. The number of primary amides is 1. The number of para-hydroxylation sites is 1. The van der Waals surface area contributed by atoms with E-state index in [1.54, 1.807) is 12.1 Å². The van der Waals surface area contributed by atoms with E-state index in [0.717, 1.165) is 5.56 Å². The van der Waals surface area contributed by atoms with Gasteiger partial charge in [-0.3, -0.25) is 4.79 Å². The summed E-state index contributed by atoms with van der Waals surface area (Å²) in [5.74, 6) is -1.79. The lowest BCUT2D eigenvalue weighted by atomic mass is 9.78. The number of carboxylic acids is 1. The Kier molecular flexibility index (Phi) is 2.55. The Balaban J connectivity index is 2.15. The Hall–Kier alpha value is -2.30. The molecule has 19 heavy (non-hydrogen) atoms. The summed E-state index contributed by atoms with van der Waals surface area (Å²) in [4.78, 5) is 22.7. The van der Waals surface area contributed by atoms with Crippen LogP contribution in [0.4, 0.5) is 5.69 Å². The molecule has 0 saturated heterocycles. The number of anilines is 1. The minimum Gasteiger partial charge on any atom is -0.548 e. The topological polar surface area (TPSA) is 95.2 Å². The van der Waals surface area contributed by atoms with Gasteiger partial charge in [0.1, 0.15) is 0 Å². The van der Waals surface area contributed by atoms with Gasteiger partial charge in [0.25, 0.3) is 5.91 Å². The fraction of sp³-hybridized carbons (Fsp3) is 0.286. The van der Waals surface area contributed by atoms with Crippen LogP contribution < -0.4 is 16.2 Å². The minimum atomic E-state index is -1.15. The van der Waals surface area contributed by atoms with Crippen LogP contribution >= 0.6 is 0 Å². The normalized spacial score (nSPS) is 27.3. The summed E-state index contributed by atoms with van der Waals surface area (Å²) in [6, 6.07) is 4.46. The van der Waals surface area contributed by atoms with E-state index < -0.39 is 17.9 Å². The third kappa shape index (κ3) is 1.69. The number of nitrogens with two attached hydrogens (primary N) is 1. The van der Waals surface area contributed by atoms with Crippen molar-refractivity contribution in [2.75, 3.05) is 5.32 Å². The van der Waals surface area contributed by atoms with Gasteiger partial charge < -0.3 is 21.0 Å². The SMILES string of the molecule is NC(=O)c1cccc2c1N[C@@H](C(=O)[O-])[C@@H]1CC=C[C@H]21. The maximum atomic E-state index is 11.4. The molecule has 0 aromatic heterocycles. The van der Waals surface area contributed by atoms with Crippen LogP contribution in [0, 0.1) is 5.92 Å². The van der Waals surface area contributed by atoms with Gasteiger partial charge in [0.05, 0.1) is 23.3 Å². The van der Waals surface area contributed by atoms with Gasteiger partial charge in [-0.15, -0.1) is 0 Å². The zero-order chi connectivity index (χ0) is 13.6. The van der Waals surface area contributed by atoms with Gasteiger partial charge in [-0.05, 0) is 24.0 Å². The molecular weight excluding hydrogens is 244 g/mol. The molecule has 0 bridgehead atoms. The number of carbonyl (C=O) groups excluding carboxylic acids is 2. The highest BCUT2D eigenvalue weighted by atomic mass is 16.4. The number of aliphatic carboxylic acids is 1. The van der Waals surface area contributed by atoms with Crippen molar-refractivity contribution in [3.05, 3.63) is 41.5 Å². The van der Waals surface area contributed by atoms with Crippen LogP contribution in [0.15, 0.2) is 30.4 Å². The lowest BCUT2D eigenvalue weighted by Gasteiger charge is -2.38. The second-order valence-corrected chi connectivity index (χ2v) is 4.93. The molecule has 1 aromatic rings. The molecule has 3 N–H and O–H groups in total. The van der Waals surface area contributed by atoms with Gasteiger partial charge in [-0.1, -0.05) is 24.3 Å². The van der Waals surface area contributed by atoms with E-state index in [9.17, 15) is 14.7 Å². The molecule has 1 heterocycles. The molecule has 0 saturated carbocycles. The molecule has 0 spiro atoms. The predicted octanol–water partition coefficient (Wildman–Crippen LogP) is -0.0108. The summed E-state index contributed by atoms with van der Waals surface area (Å²) in [5.41, 5.74) is 7.11. The molecule has 0 fully saturated rings. The fourth-order valence-electron chi connectivity index (χ4n) is 3.06. The summed E-state index contributed by atoms with van der Waals surface area (Å²) >= 11 is 0. The average Bonchev–Trinajstić information content (AvgIpc) is 2.85. The Morgan fingerprint density at radius 3 is 2.84 bits per heavy atom. The third-order valence-electron chi connectivity index (χ3n) is 3.92. The first-order valence-corrected chi connectivity index (χ1v) is 6.16. The van der Waals surface area contributed by atoms with E-state index >= 15 is 0 Å². The van der Waals surface area contributed by atoms with Gasteiger partial charge in [0.15, 0.2) is 0 Å². The van der Waals surface area contributed by atoms with Gasteiger partial charge in [-0.25, -0.2) is 0 Å². The third-order valence-corrected chi connectivity index (χ3v) is 3.92. The molecule has 5 heteroatoms. The minimum absolute atomic E-state index is 0.00144. The van der Waals surface area contributed by atoms with Crippen molar-refractivity contribution in [1.82, 2.24) is 0 Å². The molecule has 1 aliphatic heterocycles. The van der Waals surface area contributed by atoms with Gasteiger partial charge in [-0.2, -0.15) is 0 Å². The highest BCUT2D eigenvalue weighted by molar-refractivity contribution is 6.00. The first-order chi connectivity index (χ1) is 9.09. The number of amides is 1. The van der Waals surface area contributed by atoms with E-state index in [0.29, 0.717) is 17.7 Å². The van der Waals surface area contributed by atoms with Crippen molar-refractivity contribution in [3.63, 3.8) is 0 Å². The van der Waals surface area contributed by atoms with Crippen molar-refractivity contribution >= 4 is 17.6 Å². The van der Waals surface area contributed by atoms with Crippen molar-refractivity contribution in [1.29, 1.82) is 0 Å². The first-order valence-electron chi connectivity index (χ1n) is 6.16. The zero-order valence-electron chi connectivity index (χ0n) is 10.1. The molecule has 0 radical (unpaired) electrons. The van der Waals surface area contributed by atoms with Gasteiger partial charge in [0.2, 0.25) is 0 Å². The molecule has 3 atom stereocenters. The Morgan fingerprint density at radius 2 is 2.16 bits per heavy atom. The maximum Gasteiger partial charge on any atom is 0.250 e. The number of rotatable bonds is 2. The number of hydrogen-bond donors (Lipinski definition) is 2. The quantitative estimate of drug-likeness (QED) is 0.728. The molecule has 2 aliphatic rings. The van der Waals surface area contributed by atoms with E-state index in [-0.39, 0.29) is 11.8 Å². The van der Waals surface area contributed by atoms with E-state index in [2.05, 4.69) is 5.32 Å². The Morgan fingerprint density at radius 1 is 1.37 bits per heavy atom. The highest BCUT2D eigenvalue weighted by Gasteiger charge is 2.38. The standard InChI is InChI=1S/C14H14N2O3/c15-13(17)10-6-2-4-8-7-3-1-5-9(7)12(14(18)19)16-11(8)10/h1-4,6-7,9,12,16H,5H2,(H2,15,17)(H,18,19)/p-1/t7-,9-,12-/m1/s1. The van der Waals surface area contributed by atoms with Gasteiger partial charge >= 0.3 is 0 Å². The van der Waals surface area contributed by atoms with E-state index in [1.165, 1.54) is 0 Å². The smallest absolute Gasteiger partial charge is 0.250 e. The molecular formula is C14H13N2O3-. The number of fused-ring (bicyclic) bond motifs is 3. The molecule has 98 valence electrons.